The molecular weight excluding hydrogens is 142 g/mol. The summed E-state index contributed by atoms with van der Waals surface area (Å²) in [5, 5.41) is 2.99. The summed E-state index contributed by atoms with van der Waals surface area (Å²) in [7, 11) is 1.88. The highest BCUT2D eigenvalue weighted by Crippen LogP contribution is 1.89. The normalized spacial score (nSPS) is 10.0. The van der Waals surface area contributed by atoms with Gasteiger partial charge in [-0.15, -0.1) is 0 Å². The van der Waals surface area contributed by atoms with E-state index in [1.165, 1.54) is 0 Å². The van der Waals surface area contributed by atoms with Crippen LogP contribution in [0.4, 0.5) is 0 Å². The first-order chi connectivity index (χ1) is 5.31. The van der Waals surface area contributed by atoms with Gasteiger partial charge in [-0.2, -0.15) is 0 Å². The third-order valence-corrected chi connectivity index (χ3v) is 1.35. The number of rotatable bonds is 7. The Hall–Kier alpha value is -0.410. The number of carbonyl (C=O) groups excluding carboxylic acids is 1. The van der Waals surface area contributed by atoms with Gasteiger partial charge in [-0.25, -0.2) is 0 Å². The fourth-order valence-corrected chi connectivity index (χ4v) is 0.750. The molecule has 0 aromatic heterocycles. The molecule has 0 amide bonds. The van der Waals surface area contributed by atoms with Crippen molar-refractivity contribution in [2.45, 2.75) is 19.8 Å². The second-order valence-corrected chi connectivity index (χ2v) is 2.38. The lowest BCUT2D eigenvalue weighted by Gasteiger charge is -2.00. The van der Waals surface area contributed by atoms with E-state index in [0.717, 1.165) is 13.0 Å². The third-order valence-electron chi connectivity index (χ3n) is 1.35. The van der Waals surface area contributed by atoms with Gasteiger partial charge in [0.25, 0.3) is 0 Å². The van der Waals surface area contributed by atoms with Crippen molar-refractivity contribution in [3.8, 4) is 0 Å². The first-order valence-corrected chi connectivity index (χ1v) is 4.05. The second kappa shape index (κ2) is 7.69. The largest absolute Gasteiger partial charge is 0.374 e. The average Bonchev–Trinajstić information content (AvgIpc) is 2.01. The van der Waals surface area contributed by atoms with E-state index in [4.69, 9.17) is 4.74 Å². The van der Waals surface area contributed by atoms with E-state index in [2.05, 4.69) is 5.32 Å². The lowest BCUT2D eigenvalue weighted by molar-refractivity contribution is -0.123. The van der Waals surface area contributed by atoms with Crippen LogP contribution in [-0.4, -0.2) is 32.6 Å². The van der Waals surface area contributed by atoms with Gasteiger partial charge in [0.15, 0.2) is 5.78 Å². The molecule has 0 heterocycles. The van der Waals surface area contributed by atoms with Gasteiger partial charge in [-0.3, -0.25) is 4.79 Å². The Morgan fingerprint density at radius 2 is 2.27 bits per heavy atom. The maximum absolute atomic E-state index is 10.9. The number of Topliss-reactive ketones (excluding diaryl/α,β-unsaturated/α-hetero) is 1. The van der Waals surface area contributed by atoms with Crippen LogP contribution in [0.5, 0.6) is 0 Å². The van der Waals surface area contributed by atoms with Crippen LogP contribution in [0.2, 0.25) is 0 Å². The zero-order valence-corrected chi connectivity index (χ0v) is 7.35. The summed E-state index contributed by atoms with van der Waals surface area (Å²) in [5.41, 5.74) is 0. The molecule has 0 saturated heterocycles. The minimum absolute atomic E-state index is 0.196. The molecular formula is C8H17NO2. The Bertz CT molecular complexity index is 104. The Morgan fingerprint density at radius 1 is 1.55 bits per heavy atom. The lowest BCUT2D eigenvalue weighted by Crippen LogP contribution is -2.13. The summed E-state index contributed by atoms with van der Waals surface area (Å²) in [5.74, 6) is 0.196. The van der Waals surface area contributed by atoms with E-state index < -0.39 is 0 Å². The second-order valence-electron chi connectivity index (χ2n) is 2.38. The average molecular weight is 159 g/mol. The van der Waals surface area contributed by atoms with E-state index in [9.17, 15) is 4.79 Å². The molecule has 0 aliphatic carbocycles. The summed E-state index contributed by atoms with van der Waals surface area (Å²) in [4.78, 5) is 10.9. The number of ether oxygens (including phenoxy) is 1. The molecule has 3 heteroatoms. The Balaban J connectivity index is 3.09. The van der Waals surface area contributed by atoms with E-state index in [-0.39, 0.29) is 12.4 Å². The van der Waals surface area contributed by atoms with E-state index in [1.54, 1.807) is 0 Å². The van der Waals surface area contributed by atoms with Crippen LogP contribution in [0, 0.1) is 0 Å². The predicted octanol–water partition coefficient (Wildman–Crippen LogP) is 0.592. The molecule has 0 rings (SSSR count). The number of nitrogens with one attached hydrogen (secondary N) is 1. The van der Waals surface area contributed by atoms with Gasteiger partial charge in [-0.1, -0.05) is 0 Å². The lowest BCUT2D eigenvalue weighted by atomic mass is 10.2. The maximum Gasteiger partial charge on any atom is 0.158 e. The zero-order chi connectivity index (χ0) is 8.53. The molecule has 0 aliphatic heterocycles. The fraction of sp³-hybridized carbons (Fsp3) is 0.875. The molecule has 0 bridgehead atoms. The van der Waals surface area contributed by atoms with Crippen molar-refractivity contribution in [1.29, 1.82) is 0 Å². The molecule has 3 nitrogen and oxygen atoms in total. The van der Waals surface area contributed by atoms with Crippen LogP contribution >= 0.6 is 0 Å². The first kappa shape index (κ1) is 10.6. The van der Waals surface area contributed by atoms with Crippen molar-refractivity contribution >= 4 is 5.78 Å². The molecule has 0 radical (unpaired) electrons. The van der Waals surface area contributed by atoms with E-state index in [1.807, 2.05) is 14.0 Å². The Labute approximate surface area is 68.1 Å². The van der Waals surface area contributed by atoms with Crippen LogP contribution in [0.15, 0.2) is 0 Å². The molecule has 66 valence electrons. The molecule has 0 aromatic rings. The molecule has 0 aromatic carbocycles. The number of hydrogen-bond acceptors (Lipinski definition) is 3. The fourth-order valence-electron chi connectivity index (χ4n) is 0.750. The molecule has 11 heavy (non-hydrogen) atoms. The van der Waals surface area contributed by atoms with Gasteiger partial charge < -0.3 is 10.1 Å². The minimum Gasteiger partial charge on any atom is -0.374 e. The van der Waals surface area contributed by atoms with Gasteiger partial charge in [0.05, 0.1) is 0 Å². The quantitative estimate of drug-likeness (QED) is 0.552. The molecule has 0 saturated carbocycles. The van der Waals surface area contributed by atoms with Crippen molar-refractivity contribution in [2.75, 3.05) is 26.8 Å². The smallest absolute Gasteiger partial charge is 0.158 e. The predicted molar refractivity (Wildman–Crippen MR) is 44.7 cm³/mol. The maximum atomic E-state index is 10.9. The highest BCUT2D eigenvalue weighted by atomic mass is 16.5. The van der Waals surface area contributed by atoms with Crippen molar-refractivity contribution in [3.05, 3.63) is 0 Å². The summed E-state index contributed by atoms with van der Waals surface area (Å²) < 4.78 is 4.96. The standard InChI is InChI=1S/C8H17NO2/c1-3-11-7-8(10)5-4-6-9-2/h9H,3-7H2,1-2H3. The Morgan fingerprint density at radius 3 is 2.82 bits per heavy atom. The van der Waals surface area contributed by atoms with E-state index in [0.29, 0.717) is 13.0 Å². The topological polar surface area (TPSA) is 38.3 Å². The van der Waals surface area contributed by atoms with Gasteiger partial charge in [0, 0.05) is 13.0 Å². The Kier molecular flexibility index (Phi) is 7.41. The molecule has 0 atom stereocenters. The van der Waals surface area contributed by atoms with Crippen LogP contribution in [0.25, 0.3) is 0 Å². The molecule has 0 aliphatic rings. The minimum atomic E-state index is 0.196. The molecule has 0 unspecified atom stereocenters. The number of ketones is 1. The summed E-state index contributed by atoms with van der Waals surface area (Å²) >= 11 is 0. The first-order valence-electron chi connectivity index (χ1n) is 4.05. The van der Waals surface area contributed by atoms with Crippen LogP contribution < -0.4 is 5.32 Å². The zero-order valence-electron chi connectivity index (χ0n) is 7.35. The molecule has 0 fully saturated rings. The highest BCUT2D eigenvalue weighted by Gasteiger charge is 1.99. The van der Waals surface area contributed by atoms with E-state index >= 15 is 0 Å². The van der Waals surface area contributed by atoms with Crippen molar-refractivity contribution in [2.24, 2.45) is 0 Å². The van der Waals surface area contributed by atoms with Crippen LogP contribution in [0.3, 0.4) is 0 Å². The van der Waals surface area contributed by atoms with Gasteiger partial charge in [0.2, 0.25) is 0 Å². The third kappa shape index (κ3) is 7.49. The monoisotopic (exact) mass is 159 g/mol. The van der Waals surface area contributed by atoms with Gasteiger partial charge in [-0.05, 0) is 26.9 Å². The van der Waals surface area contributed by atoms with Gasteiger partial charge >= 0.3 is 0 Å². The number of hydrogen-bond donors (Lipinski definition) is 1. The summed E-state index contributed by atoms with van der Waals surface area (Å²) in [6.07, 6.45) is 1.53. The van der Waals surface area contributed by atoms with Crippen LogP contribution in [0.1, 0.15) is 19.8 Å². The molecule has 1 N–H and O–H groups in total. The molecule has 0 spiro atoms. The van der Waals surface area contributed by atoms with Crippen molar-refractivity contribution < 1.29 is 9.53 Å². The van der Waals surface area contributed by atoms with Gasteiger partial charge in [0.1, 0.15) is 6.61 Å². The number of carbonyl (C=O) groups is 1. The highest BCUT2D eigenvalue weighted by molar-refractivity contribution is 5.79. The van der Waals surface area contributed by atoms with Crippen molar-refractivity contribution in [3.63, 3.8) is 0 Å². The summed E-state index contributed by atoms with van der Waals surface area (Å²) in [6.45, 7) is 3.69. The van der Waals surface area contributed by atoms with Crippen LogP contribution in [-0.2, 0) is 9.53 Å². The van der Waals surface area contributed by atoms with Crippen molar-refractivity contribution in [1.82, 2.24) is 5.32 Å². The SMILES string of the molecule is CCOCC(=O)CCCNC. The summed E-state index contributed by atoms with van der Waals surface area (Å²) in [6, 6.07) is 0.